The molecule has 2 atom stereocenters. The molecular weight excluding hydrogens is 763 g/mol. The molecular formula is C45H49N9O6. The number of fused-ring (bicyclic) bond motifs is 2. The first-order valence-corrected chi connectivity index (χ1v) is 21.1. The van der Waals surface area contributed by atoms with Crippen LogP contribution in [0, 0.1) is 17.2 Å². The zero-order valence-electron chi connectivity index (χ0n) is 33.5. The summed E-state index contributed by atoms with van der Waals surface area (Å²) in [7, 11) is 0. The molecule has 60 heavy (non-hydrogen) atoms. The summed E-state index contributed by atoms with van der Waals surface area (Å²) >= 11 is 0. The highest BCUT2D eigenvalue weighted by Gasteiger charge is 2.44. The van der Waals surface area contributed by atoms with Gasteiger partial charge in [-0.05, 0) is 99.4 Å². The van der Waals surface area contributed by atoms with E-state index in [2.05, 4.69) is 36.4 Å². The van der Waals surface area contributed by atoms with Gasteiger partial charge in [-0.25, -0.2) is 4.98 Å². The average molecular weight is 812 g/mol. The number of carbonyl (C=O) groups is 4. The van der Waals surface area contributed by atoms with E-state index in [1.54, 1.807) is 24.5 Å². The van der Waals surface area contributed by atoms with E-state index in [9.17, 15) is 29.5 Å². The zero-order chi connectivity index (χ0) is 41.3. The lowest BCUT2D eigenvalue weighted by Crippen LogP contribution is -2.53. The van der Waals surface area contributed by atoms with Gasteiger partial charge < -0.3 is 25.0 Å². The van der Waals surface area contributed by atoms with E-state index in [4.69, 9.17) is 9.72 Å². The number of nitrogens with zero attached hydrogens (tertiary/aromatic N) is 7. The molecule has 0 bridgehead atoms. The molecule has 9 rings (SSSR count). The summed E-state index contributed by atoms with van der Waals surface area (Å²) in [6.45, 7) is 6.31. The lowest BCUT2D eigenvalue weighted by atomic mass is 9.92. The number of piperazine rings is 1. The molecule has 2 aromatic heterocycles. The van der Waals surface area contributed by atoms with Crippen molar-refractivity contribution in [2.75, 3.05) is 55.6 Å². The lowest BCUT2D eigenvalue weighted by Gasteiger charge is -2.40. The first-order valence-electron chi connectivity index (χ1n) is 21.1. The van der Waals surface area contributed by atoms with Gasteiger partial charge >= 0.3 is 0 Å². The van der Waals surface area contributed by atoms with Crippen LogP contribution in [0.2, 0.25) is 0 Å². The maximum absolute atomic E-state index is 13.4. The molecule has 2 unspecified atom stereocenters. The minimum atomic E-state index is -1.22. The number of aromatic nitrogens is 2. The van der Waals surface area contributed by atoms with Gasteiger partial charge in [0, 0.05) is 92.9 Å². The van der Waals surface area contributed by atoms with Crippen molar-refractivity contribution < 1.29 is 29.0 Å². The van der Waals surface area contributed by atoms with E-state index in [1.807, 2.05) is 42.5 Å². The molecule has 4 amide bonds. The average Bonchev–Trinajstić information content (AvgIpc) is 3.52. The first-order chi connectivity index (χ1) is 29.2. The minimum Gasteiger partial charge on any atom is -0.490 e. The summed E-state index contributed by atoms with van der Waals surface area (Å²) < 4.78 is 6.37. The van der Waals surface area contributed by atoms with Gasteiger partial charge in [0.15, 0.2) is 6.23 Å². The summed E-state index contributed by atoms with van der Waals surface area (Å²) in [5.74, 6) is 0.795. The van der Waals surface area contributed by atoms with E-state index in [1.165, 1.54) is 4.90 Å². The largest absolute Gasteiger partial charge is 0.490 e. The molecule has 3 N–H and O–H groups in total. The van der Waals surface area contributed by atoms with Crippen molar-refractivity contribution in [2.45, 2.75) is 75.8 Å². The number of rotatable bonds is 9. The molecule has 0 spiro atoms. The van der Waals surface area contributed by atoms with Crippen LogP contribution < -0.4 is 25.2 Å². The third-order valence-electron chi connectivity index (χ3n) is 12.9. The van der Waals surface area contributed by atoms with Crippen molar-refractivity contribution in [2.24, 2.45) is 5.92 Å². The van der Waals surface area contributed by atoms with E-state index in [-0.39, 0.29) is 42.7 Å². The summed E-state index contributed by atoms with van der Waals surface area (Å²) in [6.07, 6.45) is 7.89. The maximum Gasteiger partial charge on any atom is 0.257 e. The Morgan fingerprint density at radius 2 is 1.70 bits per heavy atom. The molecule has 4 aliphatic heterocycles. The van der Waals surface area contributed by atoms with Crippen LogP contribution in [0.5, 0.6) is 5.75 Å². The number of ether oxygens (including phenoxy) is 1. The highest BCUT2D eigenvalue weighted by molar-refractivity contribution is 6.06. The molecule has 3 saturated heterocycles. The van der Waals surface area contributed by atoms with Crippen molar-refractivity contribution in [3.8, 4) is 11.8 Å². The molecule has 1 saturated carbocycles. The molecule has 1 aliphatic carbocycles. The van der Waals surface area contributed by atoms with Gasteiger partial charge in [0.05, 0.1) is 22.7 Å². The van der Waals surface area contributed by atoms with E-state index in [0.29, 0.717) is 33.7 Å². The van der Waals surface area contributed by atoms with E-state index < -0.39 is 18.2 Å². The predicted octanol–water partition coefficient (Wildman–Crippen LogP) is 3.91. The molecule has 310 valence electrons. The smallest absolute Gasteiger partial charge is 0.257 e. The van der Waals surface area contributed by atoms with E-state index in [0.717, 1.165) is 107 Å². The second kappa shape index (κ2) is 16.9. The fourth-order valence-electron chi connectivity index (χ4n) is 9.53. The van der Waals surface area contributed by atoms with Gasteiger partial charge in [-0.2, -0.15) is 5.26 Å². The van der Waals surface area contributed by atoms with Gasteiger partial charge in [-0.3, -0.25) is 39.3 Å². The topological polar surface area (TPSA) is 184 Å². The Balaban J connectivity index is 0.700. The fourth-order valence-corrected chi connectivity index (χ4v) is 9.53. The van der Waals surface area contributed by atoms with Gasteiger partial charge in [0.25, 0.3) is 11.8 Å². The number of aliphatic hydroxyl groups is 1. The number of nitriles is 1. The van der Waals surface area contributed by atoms with Crippen molar-refractivity contribution in [1.82, 2.24) is 30.4 Å². The van der Waals surface area contributed by atoms with Gasteiger partial charge in [-0.1, -0.05) is 6.07 Å². The second-order valence-electron chi connectivity index (χ2n) is 16.6. The van der Waals surface area contributed by atoms with Crippen molar-refractivity contribution in [1.29, 1.82) is 5.26 Å². The first kappa shape index (κ1) is 39.4. The van der Waals surface area contributed by atoms with Gasteiger partial charge in [0.2, 0.25) is 11.8 Å². The number of piperidine rings is 2. The maximum atomic E-state index is 13.4. The highest BCUT2D eigenvalue weighted by atomic mass is 16.5. The zero-order valence-corrected chi connectivity index (χ0v) is 33.5. The van der Waals surface area contributed by atoms with Crippen molar-refractivity contribution >= 4 is 46.0 Å². The molecule has 4 aromatic rings. The number of pyridine rings is 2. The van der Waals surface area contributed by atoms with Crippen LogP contribution in [-0.2, 0) is 9.59 Å². The van der Waals surface area contributed by atoms with Crippen LogP contribution in [0.25, 0.3) is 10.9 Å². The molecule has 5 aliphatic rings. The van der Waals surface area contributed by atoms with Crippen LogP contribution in [-0.4, -0.2) is 113 Å². The Morgan fingerprint density at radius 1 is 0.900 bits per heavy atom. The standard InChI is InChI=1S/C45H49N9O6/c46-25-29-3-12-38(35-2-1-17-47-41(29)35)60-33-8-5-31(6-9-33)49-42(56)30-4-13-39(48-26-30)53-18-15-28(16-19-53)27-51-20-22-52(23-21-51)32-7-10-34-36(24-32)45(59)54(44(34)58)37-11-14-40(55)50-43(37)57/h1-4,7,10,12-13,17,24,26,28,31,33,37,44,58H,5-6,8-9,11,14-16,18-23,27H2,(H,49,56)(H,50,55,57)/t31-,33+,37?,44?. The van der Waals surface area contributed by atoms with Crippen LogP contribution in [0.1, 0.15) is 89.4 Å². The van der Waals surface area contributed by atoms with Crippen LogP contribution in [0.4, 0.5) is 11.5 Å². The summed E-state index contributed by atoms with van der Waals surface area (Å²) in [6, 6.07) is 18.1. The molecule has 0 radical (unpaired) electrons. The number of amides is 4. The Bertz CT molecular complexity index is 2330. The van der Waals surface area contributed by atoms with E-state index >= 15 is 0 Å². The molecule has 2 aromatic carbocycles. The quantitative estimate of drug-likeness (QED) is 0.208. The number of hydrogen-bond donors (Lipinski definition) is 3. The Kier molecular flexibility index (Phi) is 11.1. The molecule has 4 fully saturated rings. The van der Waals surface area contributed by atoms with Crippen LogP contribution in [0.15, 0.2) is 67.0 Å². The Hall–Kier alpha value is -6.11. The molecule has 6 heterocycles. The summed E-state index contributed by atoms with van der Waals surface area (Å²) in [5.41, 5.74) is 3.54. The normalized spacial score (nSPS) is 23.9. The van der Waals surface area contributed by atoms with Crippen LogP contribution >= 0.6 is 0 Å². The molecule has 15 nitrogen and oxygen atoms in total. The van der Waals surface area contributed by atoms with Crippen molar-refractivity contribution in [3.05, 3.63) is 89.2 Å². The SMILES string of the molecule is N#Cc1ccc(O[C@H]2CC[C@@H](NC(=O)c3ccc(N4CCC(CN5CCN(c6ccc7c(c6)C(=O)N(C6CCC(=O)NC6=O)C7O)CC5)CC4)nc3)CC2)c2cccnc12. The van der Waals surface area contributed by atoms with Gasteiger partial charge in [0.1, 0.15) is 23.7 Å². The predicted molar refractivity (Wildman–Crippen MR) is 222 cm³/mol. The lowest BCUT2D eigenvalue weighted by molar-refractivity contribution is -0.139. The highest BCUT2D eigenvalue weighted by Crippen LogP contribution is 2.38. The second-order valence-corrected chi connectivity index (χ2v) is 16.6. The number of nitrogens with one attached hydrogen (secondary N) is 2. The third kappa shape index (κ3) is 7.97. The minimum absolute atomic E-state index is 0.0290. The monoisotopic (exact) mass is 811 g/mol. The number of aliphatic hydroxyl groups excluding tert-OH is 1. The Morgan fingerprint density at radius 3 is 2.43 bits per heavy atom. The number of hydrogen-bond acceptors (Lipinski definition) is 12. The van der Waals surface area contributed by atoms with Gasteiger partial charge in [-0.15, -0.1) is 0 Å². The number of benzene rings is 2. The number of carbonyl (C=O) groups excluding carboxylic acids is 4. The summed E-state index contributed by atoms with van der Waals surface area (Å²) in [5, 5.41) is 26.7. The van der Waals surface area contributed by atoms with Crippen LogP contribution in [0.3, 0.4) is 0 Å². The summed E-state index contributed by atoms with van der Waals surface area (Å²) in [4.78, 5) is 68.1. The third-order valence-corrected chi connectivity index (χ3v) is 12.9. The molecule has 15 heteroatoms. The number of anilines is 2. The fraction of sp³-hybridized carbons (Fsp3) is 0.444. The van der Waals surface area contributed by atoms with Crippen molar-refractivity contribution in [3.63, 3.8) is 0 Å². The number of imide groups is 1. The Labute approximate surface area is 348 Å².